The van der Waals surface area contributed by atoms with Crippen LogP contribution in [0.25, 0.3) is 0 Å². The summed E-state index contributed by atoms with van der Waals surface area (Å²) < 4.78 is 0. The third-order valence-electron chi connectivity index (χ3n) is 1.46. The summed E-state index contributed by atoms with van der Waals surface area (Å²) in [6, 6.07) is 0. The van der Waals surface area contributed by atoms with Crippen molar-refractivity contribution >= 4 is 5.97 Å². The second-order valence-electron chi connectivity index (χ2n) is 2.91. The summed E-state index contributed by atoms with van der Waals surface area (Å²) in [6.07, 6.45) is 8.49. The fourth-order valence-corrected chi connectivity index (χ4v) is 0.854. The summed E-state index contributed by atoms with van der Waals surface area (Å²) in [6.45, 7) is 5.48. The van der Waals surface area contributed by atoms with E-state index in [0.717, 1.165) is 6.92 Å². The fraction of sp³-hybridized carbons (Fsp3) is 0.900. The molecule has 2 nitrogen and oxygen atoms in total. The molecular formula is C10H21KO2. The third-order valence-corrected chi connectivity index (χ3v) is 1.46. The molecule has 0 fully saturated rings. The van der Waals surface area contributed by atoms with E-state index in [9.17, 15) is 0 Å². The Hall–Kier alpha value is 1.11. The molecular weight excluding hydrogens is 191 g/mol. The van der Waals surface area contributed by atoms with Crippen LogP contribution in [0, 0.1) is 0 Å². The minimum atomic E-state index is -1.08. The van der Waals surface area contributed by atoms with Crippen molar-refractivity contribution in [1.29, 1.82) is 0 Å². The van der Waals surface area contributed by atoms with E-state index in [1.54, 1.807) is 0 Å². The minimum absolute atomic E-state index is 0. The van der Waals surface area contributed by atoms with E-state index in [4.69, 9.17) is 9.90 Å². The van der Waals surface area contributed by atoms with E-state index >= 15 is 0 Å². The van der Waals surface area contributed by atoms with Crippen molar-refractivity contribution in [2.45, 2.75) is 59.3 Å². The average Bonchev–Trinajstić information content (AvgIpc) is 1.97. The molecule has 0 N–H and O–H groups in total. The first kappa shape index (κ1) is 19.6. The number of carboxylic acid groups (broad SMARTS) is 1. The summed E-state index contributed by atoms with van der Waals surface area (Å²) >= 11 is 0. The number of aliphatic carboxylic acids is 1. The van der Waals surface area contributed by atoms with Gasteiger partial charge < -0.3 is 9.90 Å². The average molecular weight is 212 g/mol. The zero-order valence-electron chi connectivity index (χ0n) is 9.56. The van der Waals surface area contributed by atoms with Crippen LogP contribution >= 0.6 is 0 Å². The van der Waals surface area contributed by atoms with Crippen LogP contribution in [0.4, 0.5) is 0 Å². The van der Waals surface area contributed by atoms with Gasteiger partial charge >= 0.3 is 51.4 Å². The fourth-order valence-electron chi connectivity index (χ4n) is 0.854. The van der Waals surface area contributed by atoms with E-state index in [2.05, 4.69) is 13.8 Å². The largest absolute Gasteiger partial charge is 1.00 e. The number of unbranched alkanes of at least 4 members (excludes halogenated alkanes) is 5. The van der Waals surface area contributed by atoms with Crippen molar-refractivity contribution in [3.8, 4) is 0 Å². The molecule has 13 heavy (non-hydrogen) atoms. The summed E-state index contributed by atoms with van der Waals surface area (Å²) in [5.41, 5.74) is 0. The van der Waals surface area contributed by atoms with Crippen molar-refractivity contribution in [3.05, 3.63) is 0 Å². The molecule has 0 spiro atoms. The standard InChI is InChI=1S/C8H18.C2H4O2.K/c1-3-5-7-8-6-4-2;1-2(3)4;/h3-8H2,1-2H3;1H3,(H,3,4);/q;;+1/p-1. The van der Waals surface area contributed by atoms with Crippen molar-refractivity contribution in [3.63, 3.8) is 0 Å². The molecule has 0 heterocycles. The maximum Gasteiger partial charge on any atom is 1.00 e. The zero-order valence-corrected chi connectivity index (χ0v) is 12.7. The van der Waals surface area contributed by atoms with Crippen LogP contribution in [0.3, 0.4) is 0 Å². The first-order chi connectivity index (χ1) is 5.65. The van der Waals surface area contributed by atoms with Gasteiger partial charge in [-0.25, -0.2) is 0 Å². The minimum Gasteiger partial charge on any atom is -0.550 e. The van der Waals surface area contributed by atoms with Crippen LogP contribution in [0.2, 0.25) is 0 Å². The smallest absolute Gasteiger partial charge is 0.550 e. The molecule has 0 aromatic rings. The molecule has 0 amide bonds. The third kappa shape index (κ3) is 43.4. The van der Waals surface area contributed by atoms with Crippen molar-refractivity contribution in [2.75, 3.05) is 0 Å². The molecule has 0 rings (SSSR count). The number of hydrogen-bond donors (Lipinski definition) is 0. The van der Waals surface area contributed by atoms with Crippen LogP contribution in [-0.2, 0) is 4.79 Å². The Morgan fingerprint density at radius 1 is 1.00 bits per heavy atom. The van der Waals surface area contributed by atoms with Gasteiger partial charge in [0.1, 0.15) is 0 Å². The van der Waals surface area contributed by atoms with Gasteiger partial charge in [0, 0.05) is 5.97 Å². The summed E-state index contributed by atoms with van der Waals surface area (Å²) in [5.74, 6) is -1.08. The quantitative estimate of drug-likeness (QED) is 0.439. The topological polar surface area (TPSA) is 40.1 Å². The van der Waals surface area contributed by atoms with Gasteiger partial charge in [-0.2, -0.15) is 0 Å². The molecule has 0 bridgehead atoms. The van der Waals surface area contributed by atoms with Crippen molar-refractivity contribution in [2.24, 2.45) is 0 Å². The molecule has 0 atom stereocenters. The molecule has 0 radical (unpaired) electrons. The number of carbonyl (C=O) groups is 1. The molecule has 0 aromatic heterocycles. The van der Waals surface area contributed by atoms with E-state index in [-0.39, 0.29) is 51.4 Å². The van der Waals surface area contributed by atoms with Crippen LogP contribution in [0.15, 0.2) is 0 Å². The first-order valence-corrected chi connectivity index (χ1v) is 4.82. The summed E-state index contributed by atoms with van der Waals surface area (Å²) in [4.78, 5) is 8.89. The summed E-state index contributed by atoms with van der Waals surface area (Å²) in [5, 5.41) is 8.89. The number of carboxylic acids is 1. The SMILES string of the molecule is CC(=O)[O-].CCCCCCCC.[K+]. The van der Waals surface area contributed by atoms with Crippen LogP contribution < -0.4 is 56.5 Å². The Morgan fingerprint density at radius 2 is 1.23 bits per heavy atom. The van der Waals surface area contributed by atoms with Crippen LogP contribution in [-0.4, -0.2) is 5.97 Å². The number of hydrogen-bond acceptors (Lipinski definition) is 2. The molecule has 0 unspecified atom stereocenters. The Morgan fingerprint density at radius 3 is 1.38 bits per heavy atom. The van der Waals surface area contributed by atoms with Crippen molar-refractivity contribution in [1.82, 2.24) is 0 Å². The van der Waals surface area contributed by atoms with Gasteiger partial charge in [0.15, 0.2) is 0 Å². The van der Waals surface area contributed by atoms with Gasteiger partial charge in [-0.1, -0.05) is 52.4 Å². The molecule has 0 aliphatic carbocycles. The predicted octanol–water partition coefficient (Wildman–Crippen LogP) is -0.873. The Balaban J connectivity index is -0.000000173. The number of carbonyl (C=O) groups excluding carboxylic acids is 1. The van der Waals surface area contributed by atoms with Gasteiger partial charge in [0.25, 0.3) is 0 Å². The van der Waals surface area contributed by atoms with Crippen LogP contribution in [0.5, 0.6) is 0 Å². The normalized spacial score (nSPS) is 7.92. The maximum absolute atomic E-state index is 8.89. The molecule has 74 valence electrons. The van der Waals surface area contributed by atoms with E-state index < -0.39 is 5.97 Å². The van der Waals surface area contributed by atoms with Gasteiger partial charge in [0.05, 0.1) is 0 Å². The second kappa shape index (κ2) is 18.8. The number of rotatable bonds is 5. The van der Waals surface area contributed by atoms with Gasteiger partial charge in [-0.15, -0.1) is 0 Å². The van der Waals surface area contributed by atoms with E-state index in [1.165, 1.54) is 38.5 Å². The Kier molecular flexibility index (Phi) is 28.4. The molecule has 0 aliphatic rings. The van der Waals surface area contributed by atoms with Crippen LogP contribution in [0.1, 0.15) is 59.3 Å². The van der Waals surface area contributed by atoms with Gasteiger partial charge in [-0.05, 0) is 6.92 Å². The van der Waals surface area contributed by atoms with E-state index in [0.29, 0.717) is 0 Å². The Bertz CT molecular complexity index is 84.9. The summed E-state index contributed by atoms with van der Waals surface area (Å²) in [7, 11) is 0. The molecule has 3 heteroatoms. The van der Waals surface area contributed by atoms with E-state index in [1.807, 2.05) is 0 Å². The molecule has 0 aromatic carbocycles. The van der Waals surface area contributed by atoms with Gasteiger partial charge in [0.2, 0.25) is 0 Å². The van der Waals surface area contributed by atoms with Crippen molar-refractivity contribution < 1.29 is 61.3 Å². The first-order valence-electron chi connectivity index (χ1n) is 4.82. The molecule has 0 saturated carbocycles. The Labute approximate surface area is 125 Å². The monoisotopic (exact) mass is 212 g/mol. The van der Waals surface area contributed by atoms with Gasteiger partial charge in [-0.3, -0.25) is 0 Å². The zero-order chi connectivity index (χ0) is 9.82. The maximum atomic E-state index is 8.89. The molecule has 0 aliphatic heterocycles. The molecule has 0 saturated heterocycles. The second-order valence-corrected chi connectivity index (χ2v) is 2.91. The predicted molar refractivity (Wildman–Crippen MR) is 49.7 cm³/mol.